The van der Waals surface area contributed by atoms with Crippen molar-refractivity contribution < 1.29 is 29.0 Å². The number of anilines is 6. The van der Waals surface area contributed by atoms with Gasteiger partial charge in [-0.1, -0.05) is 86.6 Å². The zero-order chi connectivity index (χ0) is 51.5. The van der Waals surface area contributed by atoms with Gasteiger partial charge in [0.1, 0.15) is 35.8 Å². The number of rotatable bonds is 15. The Balaban J connectivity index is 0.000000180. The van der Waals surface area contributed by atoms with Crippen LogP contribution < -0.4 is 47.7 Å². The van der Waals surface area contributed by atoms with Crippen molar-refractivity contribution in [3.05, 3.63) is 160 Å². The molecule has 4 aliphatic heterocycles. The number of carbonyl (C=O) groups excluding carboxylic acids is 4. The molecule has 378 valence electrons. The molecule has 0 aromatic heterocycles. The van der Waals surface area contributed by atoms with Crippen molar-refractivity contribution in [2.24, 2.45) is 0 Å². The van der Waals surface area contributed by atoms with E-state index in [0.717, 1.165) is 49.9 Å². The molecule has 0 aliphatic carbocycles. The Kier molecular flexibility index (Phi) is 14.4. The summed E-state index contributed by atoms with van der Waals surface area (Å²) in [7, 11) is 1.45. The lowest BCUT2D eigenvalue weighted by Crippen LogP contribution is -2.55. The van der Waals surface area contributed by atoms with Gasteiger partial charge in [0.05, 0.1) is 41.7 Å². The van der Waals surface area contributed by atoms with Gasteiger partial charge in [-0.15, -0.1) is 0 Å². The molecule has 10 rings (SSSR count). The van der Waals surface area contributed by atoms with Crippen LogP contribution in [0.5, 0.6) is 11.5 Å². The number of methoxy groups -OCH3 is 1. The van der Waals surface area contributed by atoms with Gasteiger partial charge in [0, 0.05) is 38.3 Å². The number of carbonyl (C=O) groups is 4. The van der Waals surface area contributed by atoms with Gasteiger partial charge in [-0.05, 0) is 73.9 Å². The summed E-state index contributed by atoms with van der Waals surface area (Å²) in [5.41, 5.74) is 0.820. The van der Waals surface area contributed by atoms with E-state index in [2.05, 4.69) is 21.3 Å². The van der Waals surface area contributed by atoms with E-state index in [1.165, 1.54) is 24.1 Å². The van der Waals surface area contributed by atoms with E-state index in [-0.39, 0.29) is 106 Å². The number of amides is 4. The number of ether oxygens (including phenoxy) is 1. The lowest BCUT2D eigenvalue weighted by molar-refractivity contribution is -0.137. The van der Waals surface area contributed by atoms with E-state index in [9.17, 15) is 43.5 Å². The van der Waals surface area contributed by atoms with Crippen LogP contribution in [0.1, 0.15) is 96.3 Å². The van der Waals surface area contributed by atoms with E-state index in [0.29, 0.717) is 31.6 Å². The molecule has 4 saturated heterocycles. The maximum atomic E-state index is 13.5. The molecule has 5 N–H and O–H groups in total. The number of piperazine rings is 2. The van der Waals surface area contributed by atoms with Crippen LogP contribution in [0.3, 0.4) is 0 Å². The Morgan fingerprint density at radius 3 is 1.47 bits per heavy atom. The molecule has 0 spiro atoms. The van der Waals surface area contributed by atoms with E-state index in [4.69, 9.17) is 4.74 Å². The number of aromatic hydroxyl groups is 1. The summed E-state index contributed by atoms with van der Waals surface area (Å²) < 4.78 is 5.60. The second-order valence-corrected chi connectivity index (χ2v) is 18.8. The molecule has 18 nitrogen and oxygen atoms in total. The van der Waals surface area contributed by atoms with Crippen molar-refractivity contribution in [1.29, 1.82) is 0 Å². The number of phenolic OH excluding ortho intramolecular Hbond substituents is 1. The molecule has 6 aromatic rings. The Bertz CT molecular complexity index is 3200. The molecule has 4 fully saturated rings. The second kappa shape index (κ2) is 21.2. The molecule has 6 aromatic carbocycles. The predicted molar refractivity (Wildman–Crippen MR) is 278 cm³/mol. The monoisotopic (exact) mass is 990 g/mol. The van der Waals surface area contributed by atoms with Gasteiger partial charge in [-0.25, -0.2) is 0 Å². The molecule has 18 heteroatoms. The summed E-state index contributed by atoms with van der Waals surface area (Å²) in [5, 5.41) is 23.2. The highest BCUT2D eigenvalue weighted by atomic mass is 16.5. The molecule has 0 bridgehead atoms. The fourth-order valence-electron chi connectivity index (χ4n) is 10.5. The van der Waals surface area contributed by atoms with Crippen molar-refractivity contribution in [3.63, 3.8) is 0 Å². The summed E-state index contributed by atoms with van der Waals surface area (Å²) >= 11 is 0. The summed E-state index contributed by atoms with van der Waals surface area (Å²) in [6.45, 7) is 6.34. The number of hydrogen-bond acceptors (Lipinski definition) is 14. The minimum atomic E-state index is -0.695. The molecular formula is C55H58N8O10. The lowest BCUT2D eigenvalue weighted by atomic mass is 10.0. The van der Waals surface area contributed by atoms with Crippen LogP contribution in [0, 0.1) is 0 Å². The Morgan fingerprint density at radius 1 is 0.575 bits per heavy atom. The van der Waals surface area contributed by atoms with Crippen LogP contribution in [0.2, 0.25) is 0 Å². The van der Waals surface area contributed by atoms with Gasteiger partial charge in [0.2, 0.25) is 11.8 Å². The zero-order valence-electron chi connectivity index (χ0n) is 40.9. The normalized spacial score (nSPS) is 18.1. The molecule has 2 unspecified atom stereocenters. The number of benzene rings is 4. The SMILES string of the molecule is CC[C@@H](Nc1c(Nc2cccc(C(=O)N3CC(=O)N4CCCC4C3)c2O)c(=O)c1=O)c1ccccc1.CC[C@@H](Nc1c(Nc2cccc(C(=O)N3CC(=O)N4CCCC4C3)c2OC)c(=O)c1=O)c1ccccc1. The summed E-state index contributed by atoms with van der Waals surface area (Å²) in [6, 6.07) is 28.6. The molecule has 4 heterocycles. The first-order valence-electron chi connectivity index (χ1n) is 24.8. The van der Waals surface area contributed by atoms with Gasteiger partial charge < -0.3 is 50.7 Å². The largest absolute Gasteiger partial charge is 0.505 e. The number of para-hydroxylation sites is 2. The van der Waals surface area contributed by atoms with E-state index in [1.807, 2.05) is 84.3 Å². The first-order chi connectivity index (χ1) is 35.3. The number of nitrogens with zero attached hydrogens (tertiary/aromatic N) is 4. The third kappa shape index (κ3) is 9.76. The average molecular weight is 991 g/mol. The first-order valence-corrected chi connectivity index (χ1v) is 24.8. The molecule has 0 radical (unpaired) electrons. The van der Waals surface area contributed by atoms with Crippen molar-refractivity contribution >= 4 is 57.8 Å². The van der Waals surface area contributed by atoms with Crippen LogP contribution in [0.15, 0.2) is 116 Å². The van der Waals surface area contributed by atoms with Crippen molar-refractivity contribution in [3.8, 4) is 11.5 Å². The molecular weight excluding hydrogens is 933 g/mol. The van der Waals surface area contributed by atoms with E-state index in [1.54, 1.807) is 29.2 Å². The maximum Gasteiger partial charge on any atom is 0.258 e. The minimum absolute atomic E-state index is 0.00664. The Hall–Kier alpha value is -8.28. The number of phenols is 1. The summed E-state index contributed by atoms with van der Waals surface area (Å²) in [6.07, 6.45) is 5.00. The van der Waals surface area contributed by atoms with Crippen LogP contribution in [0.4, 0.5) is 34.1 Å². The Morgan fingerprint density at radius 2 is 1.00 bits per heavy atom. The number of nitrogens with one attached hydrogen (secondary N) is 4. The summed E-state index contributed by atoms with van der Waals surface area (Å²) in [5.74, 6) is -0.970. The van der Waals surface area contributed by atoms with Gasteiger partial charge in [-0.2, -0.15) is 0 Å². The quantitative estimate of drug-likeness (QED) is 0.0607. The van der Waals surface area contributed by atoms with Crippen molar-refractivity contribution in [2.45, 2.75) is 76.5 Å². The number of fused-ring (bicyclic) bond motifs is 2. The molecule has 73 heavy (non-hydrogen) atoms. The van der Waals surface area contributed by atoms with Gasteiger partial charge in [0.15, 0.2) is 11.5 Å². The fourth-order valence-corrected chi connectivity index (χ4v) is 10.5. The highest BCUT2D eigenvalue weighted by Crippen LogP contribution is 2.37. The molecule has 0 saturated carbocycles. The van der Waals surface area contributed by atoms with Crippen LogP contribution in [-0.4, -0.2) is 107 Å². The average Bonchev–Trinajstić information content (AvgIpc) is 4.12. The van der Waals surface area contributed by atoms with Crippen LogP contribution in [-0.2, 0) is 9.59 Å². The highest BCUT2D eigenvalue weighted by molar-refractivity contribution is 6.02. The predicted octanol–water partition coefficient (Wildman–Crippen LogP) is 5.79. The van der Waals surface area contributed by atoms with Crippen LogP contribution >= 0.6 is 0 Å². The smallest absolute Gasteiger partial charge is 0.258 e. The van der Waals surface area contributed by atoms with Gasteiger partial charge in [0.25, 0.3) is 33.5 Å². The standard InChI is InChI=1S/C28H30N4O5.C27H28N4O5/c1-3-20(17-9-5-4-6-10-17)29-23-24(26(35)25(23)34)30-21-13-7-12-19(27(21)37-2)28(36)31-15-18-11-8-14-32(18)22(33)16-31;1-2-19(16-8-4-3-5-9-16)28-22-23(26(35)25(22)34)29-20-12-6-11-18(24(20)33)27(36)30-14-17-10-7-13-31(17)21(32)15-30/h4-7,9-10,12-13,18,20,29-30H,3,8,11,14-16H2,1-2H3;3-6,8-9,11-12,17,19,28-29,33H,2,7,10,13-15H2,1H3/t18?,20-;17?,19-/m11/s1. The minimum Gasteiger partial charge on any atom is -0.505 e. The number of hydrogen-bond donors (Lipinski definition) is 5. The molecule has 4 amide bonds. The topological polar surface area (TPSA) is 227 Å². The molecule has 4 atom stereocenters. The lowest BCUT2D eigenvalue weighted by Gasteiger charge is -2.37. The highest BCUT2D eigenvalue weighted by Gasteiger charge is 2.40. The zero-order valence-corrected chi connectivity index (χ0v) is 40.9. The van der Waals surface area contributed by atoms with Gasteiger partial charge >= 0.3 is 0 Å². The second-order valence-electron chi connectivity index (χ2n) is 18.8. The third-order valence-corrected chi connectivity index (χ3v) is 14.4. The fraction of sp³-hybridized carbons (Fsp3) is 0.345. The Labute approximate surface area is 420 Å². The first kappa shape index (κ1) is 49.7. The summed E-state index contributed by atoms with van der Waals surface area (Å²) in [4.78, 5) is 108. The maximum absolute atomic E-state index is 13.5. The third-order valence-electron chi connectivity index (χ3n) is 14.4. The van der Waals surface area contributed by atoms with E-state index >= 15 is 0 Å². The van der Waals surface area contributed by atoms with E-state index < -0.39 is 27.6 Å². The van der Waals surface area contributed by atoms with Crippen molar-refractivity contribution in [1.82, 2.24) is 19.6 Å². The van der Waals surface area contributed by atoms with Crippen molar-refractivity contribution in [2.75, 3.05) is 67.6 Å². The van der Waals surface area contributed by atoms with Crippen LogP contribution in [0.25, 0.3) is 0 Å². The van der Waals surface area contributed by atoms with Gasteiger partial charge in [-0.3, -0.25) is 38.4 Å². The molecule has 4 aliphatic rings.